The van der Waals surface area contributed by atoms with E-state index in [9.17, 15) is 14.4 Å². The molecule has 3 heterocycles. The van der Waals surface area contributed by atoms with Crippen LogP contribution in [0, 0.1) is 5.92 Å². The van der Waals surface area contributed by atoms with E-state index in [1.54, 1.807) is 22.0 Å². The molecule has 1 atom stereocenters. The number of rotatable bonds is 5. The number of thiophene rings is 1. The smallest absolute Gasteiger partial charge is 0.416 e. The third-order valence-corrected chi connectivity index (χ3v) is 7.19. The topological polar surface area (TPSA) is 81.5 Å². The van der Waals surface area contributed by atoms with Gasteiger partial charge in [0.2, 0.25) is 5.91 Å². The predicted molar refractivity (Wildman–Crippen MR) is 109 cm³/mol. The molecular weight excluding hydrogens is 398 g/mol. The zero-order valence-electron chi connectivity index (χ0n) is 15.6. The van der Waals surface area contributed by atoms with Crippen LogP contribution >= 0.6 is 23.1 Å². The summed E-state index contributed by atoms with van der Waals surface area (Å²) >= 11 is 2.76. The Labute approximate surface area is 170 Å². The summed E-state index contributed by atoms with van der Waals surface area (Å²) in [4.78, 5) is 44.9. The summed E-state index contributed by atoms with van der Waals surface area (Å²) in [6.07, 6.45) is 4.01. The highest BCUT2D eigenvalue weighted by atomic mass is 32.2. The van der Waals surface area contributed by atoms with Crippen molar-refractivity contribution in [3.63, 3.8) is 0 Å². The molecule has 7 nitrogen and oxygen atoms in total. The molecule has 1 aliphatic carbocycles. The lowest BCUT2D eigenvalue weighted by Gasteiger charge is -2.17. The zero-order valence-corrected chi connectivity index (χ0v) is 17.2. The Balaban J connectivity index is 1.68. The first-order valence-electron chi connectivity index (χ1n) is 9.25. The second kappa shape index (κ2) is 7.71. The molecule has 1 saturated heterocycles. The summed E-state index contributed by atoms with van der Waals surface area (Å²) in [5.74, 6) is 0.292. The number of nitrogens with zero attached hydrogens (tertiary/aromatic N) is 3. The van der Waals surface area contributed by atoms with Crippen LogP contribution < -0.4 is 5.56 Å². The Kier molecular flexibility index (Phi) is 5.29. The fraction of sp³-hybridized carbons (Fsp3) is 0.474. The standard InChI is InChI=1S/C19H21N3O4S2/c1-3-6-22-17(24)15-12-5-4-11(2)9-13(12)28-16(15)20-18(22)27-10-14(23)21-7-8-26-19(21)25/h3,11H,1,4-10H2,2H3/t11-/m0/s1. The summed E-state index contributed by atoms with van der Waals surface area (Å²) in [6.45, 7) is 6.78. The molecule has 0 N–H and O–H groups in total. The summed E-state index contributed by atoms with van der Waals surface area (Å²) < 4.78 is 6.38. The molecule has 0 saturated carbocycles. The van der Waals surface area contributed by atoms with Crippen LogP contribution in [-0.2, 0) is 28.9 Å². The van der Waals surface area contributed by atoms with Crippen LogP contribution in [0.3, 0.4) is 0 Å². The van der Waals surface area contributed by atoms with Gasteiger partial charge in [0.15, 0.2) is 5.16 Å². The predicted octanol–water partition coefficient (Wildman–Crippen LogP) is 2.84. The number of fused-ring (bicyclic) bond motifs is 3. The van der Waals surface area contributed by atoms with Gasteiger partial charge in [-0.05, 0) is 30.7 Å². The first-order chi connectivity index (χ1) is 13.5. The van der Waals surface area contributed by atoms with Crippen molar-refractivity contribution in [2.45, 2.75) is 37.9 Å². The number of carbonyl (C=O) groups excluding carboxylic acids is 2. The number of aromatic nitrogens is 2. The van der Waals surface area contributed by atoms with Gasteiger partial charge in [0.25, 0.3) is 5.56 Å². The summed E-state index contributed by atoms with van der Waals surface area (Å²) in [5, 5.41) is 1.19. The average Bonchev–Trinajstić information content (AvgIpc) is 3.25. The molecule has 4 rings (SSSR count). The fourth-order valence-corrected chi connectivity index (χ4v) is 5.94. The van der Waals surface area contributed by atoms with E-state index in [0.29, 0.717) is 23.0 Å². The van der Waals surface area contributed by atoms with Gasteiger partial charge < -0.3 is 4.74 Å². The normalized spacial score (nSPS) is 19.0. The van der Waals surface area contributed by atoms with Crippen molar-refractivity contribution >= 4 is 45.3 Å². The molecule has 1 fully saturated rings. The summed E-state index contributed by atoms with van der Waals surface area (Å²) in [6, 6.07) is 0. The van der Waals surface area contributed by atoms with Crippen LogP contribution in [0.1, 0.15) is 23.8 Å². The summed E-state index contributed by atoms with van der Waals surface area (Å²) in [5.41, 5.74) is 1.06. The molecule has 2 aliphatic rings. The minimum Gasteiger partial charge on any atom is -0.447 e. The van der Waals surface area contributed by atoms with E-state index in [1.165, 1.54) is 16.6 Å². The van der Waals surface area contributed by atoms with Crippen molar-refractivity contribution in [3.05, 3.63) is 33.4 Å². The number of imide groups is 1. The number of allylic oxidation sites excluding steroid dienone is 1. The van der Waals surface area contributed by atoms with E-state index in [-0.39, 0.29) is 30.4 Å². The number of thioether (sulfide) groups is 1. The number of carbonyl (C=O) groups is 2. The molecule has 1 aliphatic heterocycles. The number of aryl methyl sites for hydroxylation is 1. The van der Waals surface area contributed by atoms with Crippen LogP contribution in [0.5, 0.6) is 0 Å². The number of ether oxygens (including phenoxy) is 1. The third kappa shape index (κ3) is 3.37. The lowest BCUT2D eigenvalue weighted by Crippen LogP contribution is -2.33. The van der Waals surface area contributed by atoms with Gasteiger partial charge in [-0.2, -0.15) is 0 Å². The van der Waals surface area contributed by atoms with Gasteiger partial charge >= 0.3 is 6.09 Å². The van der Waals surface area contributed by atoms with Crippen LogP contribution in [0.4, 0.5) is 4.79 Å². The molecule has 0 unspecified atom stereocenters. The van der Waals surface area contributed by atoms with Gasteiger partial charge in [0.05, 0.1) is 17.7 Å². The van der Waals surface area contributed by atoms with Crippen molar-refractivity contribution in [3.8, 4) is 0 Å². The molecule has 0 radical (unpaired) electrons. The molecule has 148 valence electrons. The fourth-order valence-electron chi connectivity index (χ4n) is 3.63. The second-order valence-corrected chi connectivity index (χ2v) is 9.11. The van der Waals surface area contributed by atoms with E-state index in [1.807, 2.05) is 0 Å². The molecule has 28 heavy (non-hydrogen) atoms. The average molecular weight is 420 g/mol. The Bertz CT molecular complexity index is 1030. The molecule has 2 aromatic heterocycles. The number of cyclic esters (lactones) is 1. The zero-order chi connectivity index (χ0) is 19.8. The van der Waals surface area contributed by atoms with Crippen LogP contribution in [0.2, 0.25) is 0 Å². The van der Waals surface area contributed by atoms with E-state index >= 15 is 0 Å². The van der Waals surface area contributed by atoms with Crippen molar-refractivity contribution in [1.29, 1.82) is 0 Å². The van der Waals surface area contributed by atoms with E-state index in [2.05, 4.69) is 13.5 Å². The molecule has 9 heteroatoms. The maximum atomic E-state index is 13.2. The number of amides is 2. The number of hydrogen-bond donors (Lipinski definition) is 0. The first kappa shape index (κ1) is 19.2. The molecular formula is C19H21N3O4S2. The van der Waals surface area contributed by atoms with Crippen molar-refractivity contribution in [2.24, 2.45) is 5.92 Å². The van der Waals surface area contributed by atoms with E-state index in [0.717, 1.165) is 34.6 Å². The lowest BCUT2D eigenvalue weighted by molar-refractivity contribution is -0.125. The maximum Gasteiger partial charge on any atom is 0.416 e. The SMILES string of the molecule is C=CCn1c(SCC(=O)N2CCOC2=O)nc2sc3c(c2c1=O)CC[C@H](C)C3. The van der Waals surface area contributed by atoms with Gasteiger partial charge in [0.1, 0.15) is 11.4 Å². The van der Waals surface area contributed by atoms with Crippen molar-refractivity contribution < 1.29 is 14.3 Å². The van der Waals surface area contributed by atoms with Crippen LogP contribution in [0.25, 0.3) is 10.2 Å². The Hall–Kier alpha value is -2.13. The lowest BCUT2D eigenvalue weighted by atomic mass is 9.89. The number of hydrogen-bond acceptors (Lipinski definition) is 7. The highest BCUT2D eigenvalue weighted by Gasteiger charge is 2.29. The second-order valence-electron chi connectivity index (χ2n) is 7.08. The molecule has 2 amide bonds. The van der Waals surface area contributed by atoms with Gasteiger partial charge in [0, 0.05) is 11.4 Å². The highest BCUT2D eigenvalue weighted by molar-refractivity contribution is 7.99. The molecule has 0 spiro atoms. The quantitative estimate of drug-likeness (QED) is 0.421. The molecule has 0 bridgehead atoms. The Morgan fingerprint density at radius 1 is 1.46 bits per heavy atom. The summed E-state index contributed by atoms with van der Waals surface area (Å²) in [7, 11) is 0. The minimum absolute atomic E-state index is 0.0202. The van der Waals surface area contributed by atoms with Gasteiger partial charge in [-0.15, -0.1) is 17.9 Å². The first-order valence-corrected chi connectivity index (χ1v) is 11.1. The van der Waals surface area contributed by atoms with Crippen LogP contribution in [-0.4, -0.2) is 45.4 Å². The third-order valence-electron chi connectivity index (χ3n) is 5.08. The highest BCUT2D eigenvalue weighted by Crippen LogP contribution is 2.36. The minimum atomic E-state index is -0.613. The Morgan fingerprint density at radius 2 is 2.29 bits per heavy atom. The van der Waals surface area contributed by atoms with Crippen molar-refractivity contribution in [1.82, 2.24) is 14.5 Å². The van der Waals surface area contributed by atoms with Crippen molar-refractivity contribution in [2.75, 3.05) is 18.9 Å². The molecule has 2 aromatic rings. The van der Waals surface area contributed by atoms with Gasteiger partial charge in [-0.25, -0.2) is 14.7 Å². The van der Waals surface area contributed by atoms with Gasteiger partial charge in [-0.3, -0.25) is 14.2 Å². The largest absolute Gasteiger partial charge is 0.447 e. The monoisotopic (exact) mass is 419 g/mol. The molecule has 0 aromatic carbocycles. The van der Waals surface area contributed by atoms with E-state index < -0.39 is 6.09 Å². The maximum absolute atomic E-state index is 13.2. The Morgan fingerprint density at radius 3 is 3.00 bits per heavy atom. The van der Waals surface area contributed by atoms with Gasteiger partial charge in [-0.1, -0.05) is 24.8 Å². The van der Waals surface area contributed by atoms with Crippen LogP contribution in [0.15, 0.2) is 22.6 Å². The van der Waals surface area contributed by atoms with E-state index in [4.69, 9.17) is 9.72 Å².